The van der Waals surface area contributed by atoms with Gasteiger partial charge < -0.3 is 5.73 Å². The first-order chi connectivity index (χ1) is 5.38. The van der Waals surface area contributed by atoms with Crippen LogP contribution in [-0.2, 0) is 0 Å². The second-order valence-electron chi connectivity index (χ2n) is 2.42. The number of pyridine rings is 1. The molecule has 0 fully saturated rings. The average molecular weight is 217 g/mol. The lowest BCUT2D eigenvalue weighted by Crippen LogP contribution is -1.89. The molecule has 0 radical (unpaired) electrons. The van der Waals surface area contributed by atoms with Gasteiger partial charge in [-0.1, -0.05) is 24.3 Å². The highest BCUT2D eigenvalue weighted by Gasteiger charge is 1.94. The molecule has 70 valence electrons. The molecule has 0 saturated carbocycles. The lowest BCUT2D eigenvalue weighted by atomic mass is 10.2. The van der Waals surface area contributed by atoms with Gasteiger partial charge in [0.25, 0.3) is 0 Å². The Morgan fingerprint density at radius 2 is 1.69 bits per heavy atom. The smallest absolute Gasteiger partial charge is 0.131 e. The Morgan fingerprint density at radius 1 is 1.00 bits per heavy atom. The zero-order valence-electron chi connectivity index (χ0n) is 6.81. The summed E-state index contributed by atoms with van der Waals surface area (Å²) in [5.74, 6) is 0.600. The first-order valence-electron chi connectivity index (χ1n) is 3.47. The second kappa shape index (κ2) is 4.90. The number of hydrogen-bond donors (Lipinski definition) is 1. The van der Waals surface area contributed by atoms with E-state index in [0.29, 0.717) is 5.82 Å². The maximum atomic E-state index is 5.65. The van der Waals surface area contributed by atoms with Gasteiger partial charge in [0.2, 0.25) is 0 Å². The Kier molecular flexibility index (Phi) is 4.52. The van der Waals surface area contributed by atoms with Crippen molar-refractivity contribution in [2.24, 2.45) is 0 Å². The Balaban J connectivity index is 0.000000720. The van der Waals surface area contributed by atoms with Crippen molar-refractivity contribution < 1.29 is 0 Å². The molecule has 0 aliphatic rings. The van der Waals surface area contributed by atoms with E-state index in [4.69, 9.17) is 5.73 Å². The average Bonchev–Trinajstić information content (AvgIpc) is 2.06. The fourth-order valence-corrected chi connectivity index (χ4v) is 1.14. The Morgan fingerprint density at radius 3 is 2.38 bits per heavy atom. The van der Waals surface area contributed by atoms with Crippen molar-refractivity contribution in [3.8, 4) is 0 Å². The molecule has 4 heteroatoms. The van der Waals surface area contributed by atoms with E-state index in [-0.39, 0.29) is 24.8 Å². The van der Waals surface area contributed by atoms with Gasteiger partial charge in [0, 0.05) is 11.6 Å². The SMILES string of the molecule is Cl.Cl.Nc1nccc2ccccc12. The van der Waals surface area contributed by atoms with E-state index >= 15 is 0 Å². The molecule has 0 aliphatic heterocycles. The van der Waals surface area contributed by atoms with Gasteiger partial charge in [0.15, 0.2) is 0 Å². The van der Waals surface area contributed by atoms with Gasteiger partial charge in [-0.05, 0) is 11.5 Å². The highest BCUT2D eigenvalue weighted by Crippen LogP contribution is 2.16. The number of rotatable bonds is 0. The molecule has 13 heavy (non-hydrogen) atoms. The molecule has 0 unspecified atom stereocenters. The van der Waals surface area contributed by atoms with Crippen molar-refractivity contribution in [2.45, 2.75) is 0 Å². The van der Waals surface area contributed by atoms with Gasteiger partial charge in [0.05, 0.1) is 0 Å². The van der Waals surface area contributed by atoms with Crippen LogP contribution in [0, 0.1) is 0 Å². The summed E-state index contributed by atoms with van der Waals surface area (Å²) in [6, 6.07) is 9.89. The second-order valence-corrected chi connectivity index (χ2v) is 2.42. The maximum Gasteiger partial charge on any atom is 0.131 e. The summed E-state index contributed by atoms with van der Waals surface area (Å²) < 4.78 is 0. The number of anilines is 1. The van der Waals surface area contributed by atoms with E-state index in [2.05, 4.69) is 4.98 Å². The summed E-state index contributed by atoms with van der Waals surface area (Å²) >= 11 is 0. The van der Waals surface area contributed by atoms with Gasteiger partial charge in [-0.3, -0.25) is 0 Å². The Bertz CT molecular complexity index is 385. The van der Waals surface area contributed by atoms with Gasteiger partial charge in [-0.2, -0.15) is 0 Å². The molecule has 0 spiro atoms. The zero-order chi connectivity index (χ0) is 7.68. The van der Waals surface area contributed by atoms with Crippen LogP contribution in [0.25, 0.3) is 10.8 Å². The van der Waals surface area contributed by atoms with Crippen LogP contribution in [-0.4, -0.2) is 4.98 Å². The number of nitrogens with two attached hydrogens (primary N) is 1. The van der Waals surface area contributed by atoms with Crippen LogP contribution in [0.1, 0.15) is 0 Å². The number of benzene rings is 1. The van der Waals surface area contributed by atoms with Crippen molar-refractivity contribution in [3.63, 3.8) is 0 Å². The van der Waals surface area contributed by atoms with Crippen molar-refractivity contribution in [2.75, 3.05) is 5.73 Å². The van der Waals surface area contributed by atoms with E-state index < -0.39 is 0 Å². The fraction of sp³-hybridized carbons (Fsp3) is 0. The third kappa shape index (κ3) is 2.23. The monoisotopic (exact) mass is 216 g/mol. The van der Waals surface area contributed by atoms with Crippen molar-refractivity contribution in [1.29, 1.82) is 0 Å². The highest BCUT2D eigenvalue weighted by atomic mass is 35.5. The van der Waals surface area contributed by atoms with Crippen LogP contribution in [0.15, 0.2) is 36.5 Å². The van der Waals surface area contributed by atoms with Crippen molar-refractivity contribution >= 4 is 41.4 Å². The molecule has 0 aliphatic carbocycles. The van der Waals surface area contributed by atoms with E-state index in [1.165, 1.54) is 0 Å². The van der Waals surface area contributed by atoms with E-state index in [1.54, 1.807) is 6.20 Å². The van der Waals surface area contributed by atoms with E-state index in [9.17, 15) is 0 Å². The fourth-order valence-electron chi connectivity index (χ4n) is 1.14. The Labute approximate surface area is 89.0 Å². The third-order valence-electron chi connectivity index (χ3n) is 1.70. The molecule has 2 nitrogen and oxygen atoms in total. The Hall–Kier alpha value is -0.990. The summed E-state index contributed by atoms with van der Waals surface area (Å²) in [4.78, 5) is 3.99. The molecular weight excluding hydrogens is 207 g/mol. The predicted octanol–water partition coefficient (Wildman–Crippen LogP) is 2.66. The quantitative estimate of drug-likeness (QED) is 0.736. The van der Waals surface area contributed by atoms with Crippen LogP contribution in [0.2, 0.25) is 0 Å². The van der Waals surface area contributed by atoms with E-state index in [1.807, 2.05) is 30.3 Å². The molecule has 0 atom stereocenters. The minimum atomic E-state index is 0. The lowest BCUT2D eigenvalue weighted by Gasteiger charge is -1.97. The molecular formula is C9H10Cl2N2. The number of aromatic nitrogens is 1. The summed E-state index contributed by atoms with van der Waals surface area (Å²) in [5.41, 5.74) is 5.65. The largest absolute Gasteiger partial charge is 0.383 e. The molecule has 2 rings (SSSR count). The summed E-state index contributed by atoms with van der Waals surface area (Å²) in [7, 11) is 0. The first kappa shape index (κ1) is 12.0. The topological polar surface area (TPSA) is 38.9 Å². The maximum absolute atomic E-state index is 5.65. The molecule has 0 bridgehead atoms. The minimum Gasteiger partial charge on any atom is -0.383 e. The third-order valence-corrected chi connectivity index (χ3v) is 1.70. The normalized spacial score (nSPS) is 8.62. The van der Waals surface area contributed by atoms with Crippen LogP contribution in [0.4, 0.5) is 5.82 Å². The molecule has 2 N–H and O–H groups in total. The van der Waals surface area contributed by atoms with Crippen molar-refractivity contribution in [1.82, 2.24) is 4.98 Å². The standard InChI is InChI=1S/C9H8N2.2ClH/c10-9-8-4-2-1-3-7(8)5-6-11-9;;/h1-6H,(H2,10,11);2*1H. The molecule has 1 heterocycles. The number of halogens is 2. The summed E-state index contributed by atoms with van der Waals surface area (Å²) in [5, 5.41) is 2.16. The van der Waals surface area contributed by atoms with Gasteiger partial charge >= 0.3 is 0 Å². The molecule has 0 amide bonds. The molecule has 0 saturated heterocycles. The highest BCUT2D eigenvalue weighted by molar-refractivity contribution is 5.90. The summed E-state index contributed by atoms with van der Waals surface area (Å²) in [6.07, 6.45) is 1.72. The van der Waals surface area contributed by atoms with Crippen LogP contribution in [0.3, 0.4) is 0 Å². The minimum absolute atomic E-state index is 0. The van der Waals surface area contributed by atoms with E-state index in [0.717, 1.165) is 10.8 Å². The molecule has 2 aromatic rings. The number of fused-ring (bicyclic) bond motifs is 1. The number of hydrogen-bond acceptors (Lipinski definition) is 2. The number of nitrogen functional groups attached to an aromatic ring is 1. The van der Waals surface area contributed by atoms with Crippen LogP contribution >= 0.6 is 24.8 Å². The van der Waals surface area contributed by atoms with Gasteiger partial charge in [-0.15, -0.1) is 24.8 Å². The van der Waals surface area contributed by atoms with Crippen LogP contribution < -0.4 is 5.73 Å². The van der Waals surface area contributed by atoms with Gasteiger partial charge in [-0.25, -0.2) is 4.98 Å². The molecule has 1 aromatic heterocycles. The lowest BCUT2D eigenvalue weighted by molar-refractivity contribution is 1.37. The van der Waals surface area contributed by atoms with Crippen molar-refractivity contribution in [3.05, 3.63) is 36.5 Å². The van der Waals surface area contributed by atoms with Gasteiger partial charge in [0.1, 0.15) is 5.82 Å². The summed E-state index contributed by atoms with van der Waals surface area (Å²) in [6.45, 7) is 0. The molecule has 1 aromatic carbocycles. The predicted molar refractivity (Wildman–Crippen MR) is 60.7 cm³/mol. The zero-order valence-corrected chi connectivity index (χ0v) is 8.44. The number of nitrogens with zero attached hydrogens (tertiary/aromatic N) is 1. The van der Waals surface area contributed by atoms with Crippen LogP contribution in [0.5, 0.6) is 0 Å². The first-order valence-corrected chi connectivity index (χ1v) is 3.47.